The van der Waals surface area contributed by atoms with Gasteiger partial charge in [0.1, 0.15) is 11.6 Å². The maximum Gasteiger partial charge on any atom is 0.256 e. The number of benzene rings is 2. The molecule has 0 bridgehead atoms. The summed E-state index contributed by atoms with van der Waals surface area (Å²) in [5.74, 6) is -2.03. The van der Waals surface area contributed by atoms with E-state index >= 15 is 0 Å². The molecule has 2 aromatic carbocycles. The summed E-state index contributed by atoms with van der Waals surface area (Å²) >= 11 is 0. The Kier molecular flexibility index (Phi) is 5.84. The number of carbonyl (C=O) groups excluding carboxylic acids is 2. The molecule has 2 amide bonds. The van der Waals surface area contributed by atoms with Crippen molar-refractivity contribution in [2.24, 2.45) is 0 Å². The van der Waals surface area contributed by atoms with Crippen molar-refractivity contribution in [2.45, 2.75) is 19.8 Å². The van der Waals surface area contributed by atoms with E-state index < -0.39 is 17.5 Å². The average molecular weight is 372 g/mol. The maximum atomic E-state index is 13.9. The standard InChI is InChI=1S/C21H22F2N2O2/c1-15-4-2-5-16(12-15)13-20(26)24-8-3-9-25(11-10-24)21(27)18-7-6-17(22)14-19(18)23/h2,4-7,12,14H,3,8-11,13H2,1H3. The number of hydrogen-bond acceptors (Lipinski definition) is 2. The smallest absolute Gasteiger partial charge is 0.256 e. The molecule has 1 fully saturated rings. The van der Waals surface area contributed by atoms with Gasteiger partial charge in [-0.2, -0.15) is 0 Å². The van der Waals surface area contributed by atoms with Crippen LogP contribution >= 0.6 is 0 Å². The second-order valence-corrected chi connectivity index (χ2v) is 6.82. The third-order valence-corrected chi connectivity index (χ3v) is 4.74. The molecular formula is C21H22F2N2O2. The Morgan fingerprint density at radius 1 is 0.963 bits per heavy atom. The van der Waals surface area contributed by atoms with Crippen LogP contribution < -0.4 is 0 Å². The van der Waals surface area contributed by atoms with Crippen LogP contribution in [0.3, 0.4) is 0 Å². The molecule has 0 atom stereocenters. The van der Waals surface area contributed by atoms with Gasteiger partial charge in [0.05, 0.1) is 12.0 Å². The SMILES string of the molecule is Cc1cccc(CC(=O)N2CCCN(C(=O)c3ccc(F)cc3F)CC2)c1. The first-order valence-corrected chi connectivity index (χ1v) is 9.01. The molecule has 0 unspecified atom stereocenters. The van der Waals surface area contributed by atoms with Crippen LogP contribution in [0.5, 0.6) is 0 Å². The van der Waals surface area contributed by atoms with Crippen molar-refractivity contribution in [2.75, 3.05) is 26.2 Å². The Labute approximate surface area is 157 Å². The summed E-state index contributed by atoms with van der Waals surface area (Å²) in [5, 5.41) is 0. The van der Waals surface area contributed by atoms with Crippen LogP contribution in [-0.4, -0.2) is 47.8 Å². The van der Waals surface area contributed by atoms with Gasteiger partial charge >= 0.3 is 0 Å². The number of halogens is 2. The van der Waals surface area contributed by atoms with Gasteiger partial charge in [-0.15, -0.1) is 0 Å². The van der Waals surface area contributed by atoms with Gasteiger partial charge in [0, 0.05) is 32.2 Å². The lowest BCUT2D eigenvalue weighted by molar-refractivity contribution is -0.130. The molecule has 142 valence electrons. The third kappa shape index (κ3) is 4.70. The topological polar surface area (TPSA) is 40.6 Å². The summed E-state index contributed by atoms with van der Waals surface area (Å²) in [6, 6.07) is 10.8. The summed E-state index contributed by atoms with van der Waals surface area (Å²) in [4.78, 5) is 28.4. The van der Waals surface area contributed by atoms with Crippen molar-refractivity contribution in [1.82, 2.24) is 9.80 Å². The van der Waals surface area contributed by atoms with Crippen molar-refractivity contribution < 1.29 is 18.4 Å². The predicted molar refractivity (Wildman–Crippen MR) is 98.3 cm³/mol. The first-order chi connectivity index (χ1) is 12.9. The fourth-order valence-electron chi connectivity index (χ4n) is 3.31. The molecule has 4 nitrogen and oxygen atoms in total. The van der Waals surface area contributed by atoms with Crippen molar-refractivity contribution in [3.8, 4) is 0 Å². The van der Waals surface area contributed by atoms with E-state index in [1.54, 1.807) is 4.90 Å². The van der Waals surface area contributed by atoms with Crippen LogP contribution in [0.15, 0.2) is 42.5 Å². The molecule has 1 heterocycles. The van der Waals surface area contributed by atoms with Gasteiger partial charge < -0.3 is 9.80 Å². The molecule has 0 radical (unpaired) electrons. The highest BCUT2D eigenvalue weighted by molar-refractivity contribution is 5.94. The average Bonchev–Trinajstić information content (AvgIpc) is 2.87. The van der Waals surface area contributed by atoms with Crippen molar-refractivity contribution in [3.05, 3.63) is 70.8 Å². The lowest BCUT2D eigenvalue weighted by Crippen LogP contribution is -2.38. The molecule has 1 aliphatic heterocycles. The summed E-state index contributed by atoms with van der Waals surface area (Å²) in [7, 11) is 0. The van der Waals surface area contributed by atoms with Gasteiger partial charge in [-0.1, -0.05) is 29.8 Å². The van der Waals surface area contributed by atoms with E-state index in [1.165, 1.54) is 11.0 Å². The maximum absolute atomic E-state index is 13.9. The Hall–Kier alpha value is -2.76. The molecule has 3 rings (SSSR count). The fraction of sp³-hybridized carbons (Fsp3) is 0.333. The van der Waals surface area contributed by atoms with Crippen molar-refractivity contribution in [1.29, 1.82) is 0 Å². The number of carbonyl (C=O) groups is 2. The van der Waals surface area contributed by atoms with Gasteiger partial charge in [-0.25, -0.2) is 8.78 Å². The molecule has 0 aliphatic carbocycles. The summed E-state index contributed by atoms with van der Waals surface area (Å²) < 4.78 is 26.9. The van der Waals surface area contributed by atoms with E-state index in [2.05, 4.69) is 0 Å². The Morgan fingerprint density at radius 2 is 1.70 bits per heavy atom. The molecule has 0 saturated carbocycles. The Bertz CT molecular complexity index is 854. The summed E-state index contributed by atoms with van der Waals surface area (Å²) in [6.45, 7) is 3.70. The van der Waals surface area contributed by atoms with Crippen molar-refractivity contribution >= 4 is 11.8 Å². The van der Waals surface area contributed by atoms with Gasteiger partial charge in [0.25, 0.3) is 5.91 Å². The van der Waals surface area contributed by atoms with E-state index in [9.17, 15) is 18.4 Å². The predicted octanol–water partition coefficient (Wildman–Crippen LogP) is 3.19. The third-order valence-electron chi connectivity index (χ3n) is 4.74. The lowest BCUT2D eigenvalue weighted by Gasteiger charge is -2.22. The molecule has 2 aromatic rings. The van der Waals surface area contributed by atoms with Gasteiger partial charge in [0.15, 0.2) is 0 Å². The molecule has 0 N–H and O–H groups in total. The number of aryl methyl sites for hydroxylation is 1. The summed E-state index contributed by atoms with van der Waals surface area (Å²) in [5.41, 5.74) is 1.93. The molecule has 1 saturated heterocycles. The largest absolute Gasteiger partial charge is 0.341 e. The second-order valence-electron chi connectivity index (χ2n) is 6.82. The van der Waals surface area contributed by atoms with Crippen LogP contribution in [0.2, 0.25) is 0 Å². The number of nitrogens with zero attached hydrogens (tertiary/aromatic N) is 2. The fourth-order valence-corrected chi connectivity index (χ4v) is 3.31. The van der Waals surface area contributed by atoms with E-state index in [4.69, 9.17) is 0 Å². The molecule has 0 spiro atoms. The quantitative estimate of drug-likeness (QED) is 0.830. The van der Waals surface area contributed by atoms with E-state index in [-0.39, 0.29) is 11.5 Å². The highest BCUT2D eigenvalue weighted by Crippen LogP contribution is 2.15. The molecule has 6 heteroatoms. The van der Waals surface area contributed by atoms with E-state index in [1.807, 2.05) is 31.2 Å². The van der Waals surface area contributed by atoms with E-state index in [0.29, 0.717) is 45.1 Å². The minimum absolute atomic E-state index is 0.0165. The minimum atomic E-state index is -0.864. The normalized spacial score (nSPS) is 14.8. The number of rotatable bonds is 3. The first-order valence-electron chi connectivity index (χ1n) is 9.01. The molecule has 0 aromatic heterocycles. The zero-order valence-electron chi connectivity index (χ0n) is 15.3. The zero-order valence-corrected chi connectivity index (χ0v) is 15.3. The zero-order chi connectivity index (χ0) is 19.4. The minimum Gasteiger partial charge on any atom is -0.341 e. The monoisotopic (exact) mass is 372 g/mol. The van der Waals surface area contributed by atoms with Crippen LogP contribution in [-0.2, 0) is 11.2 Å². The summed E-state index contributed by atoms with van der Waals surface area (Å²) in [6.07, 6.45) is 0.941. The molecule has 1 aliphatic rings. The lowest BCUT2D eigenvalue weighted by atomic mass is 10.1. The van der Waals surface area contributed by atoms with Crippen LogP contribution in [0, 0.1) is 18.6 Å². The molecule has 27 heavy (non-hydrogen) atoms. The van der Waals surface area contributed by atoms with E-state index in [0.717, 1.165) is 17.2 Å². The first kappa shape index (κ1) is 19.0. The van der Waals surface area contributed by atoms with Crippen LogP contribution in [0.1, 0.15) is 27.9 Å². The molecular weight excluding hydrogens is 350 g/mol. The van der Waals surface area contributed by atoms with Crippen LogP contribution in [0.25, 0.3) is 0 Å². The Balaban J connectivity index is 1.63. The highest BCUT2D eigenvalue weighted by Gasteiger charge is 2.24. The number of hydrogen-bond donors (Lipinski definition) is 0. The van der Waals surface area contributed by atoms with Gasteiger partial charge in [-0.05, 0) is 31.0 Å². The van der Waals surface area contributed by atoms with Gasteiger partial charge in [-0.3, -0.25) is 9.59 Å². The van der Waals surface area contributed by atoms with Crippen LogP contribution in [0.4, 0.5) is 8.78 Å². The number of amides is 2. The van der Waals surface area contributed by atoms with Crippen molar-refractivity contribution in [3.63, 3.8) is 0 Å². The highest BCUT2D eigenvalue weighted by atomic mass is 19.1. The second kappa shape index (κ2) is 8.29. The van der Waals surface area contributed by atoms with Gasteiger partial charge in [0.2, 0.25) is 5.91 Å². The Morgan fingerprint density at radius 3 is 2.44 bits per heavy atom.